The molecular formula is C16H15BrN4O. The van der Waals surface area contributed by atoms with Crippen LogP contribution in [0.4, 0.5) is 5.69 Å². The highest BCUT2D eigenvalue weighted by Crippen LogP contribution is 2.21. The largest absolute Gasteiger partial charge is 0.326 e. The molecule has 3 rings (SSSR count). The molecule has 2 heterocycles. The molecule has 6 heteroatoms. The second kappa shape index (κ2) is 5.90. The minimum Gasteiger partial charge on any atom is -0.326 e. The first kappa shape index (κ1) is 14.7. The van der Waals surface area contributed by atoms with Gasteiger partial charge < -0.3 is 15.0 Å². The second-order valence-corrected chi connectivity index (χ2v) is 5.82. The van der Waals surface area contributed by atoms with Crippen molar-refractivity contribution in [2.45, 2.75) is 6.54 Å². The van der Waals surface area contributed by atoms with Gasteiger partial charge in [0.05, 0.1) is 10.0 Å². The van der Waals surface area contributed by atoms with E-state index in [4.69, 9.17) is 5.73 Å². The van der Waals surface area contributed by atoms with Crippen LogP contribution in [0.3, 0.4) is 0 Å². The van der Waals surface area contributed by atoms with Crippen LogP contribution in [0.15, 0.2) is 53.4 Å². The molecule has 0 radical (unpaired) electrons. The molecule has 0 aliphatic heterocycles. The van der Waals surface area contributed by atoms with Gasteiger partial charge in [0, 0.05) is 37.9 Å². The van der Waals surface area contributed by atoms with E-state index in [1.807, 2.05) is 34.9 Å². The third-order valence-electron chi connectivity index (χ3n) is 3.55. The molecule has 0 saturated heterocycles. The summed E-state index contributed by atoms with van der Waals surface area (Å²) in [4.78, 5) is 18.5. The van der Waals surface area contributed by atoms with Crippen molar-refractivity contribution < 1.29 is 4.79 Å². The van der Waals surface area contributed by atoms with Crippen LogP contribution in [0.5, 0.6) is 0 Å². The highest BCUT2D eigenvalue weighted by Gasteiger charge is 2.15. The van der Waals surface area contributed by atoms with E-state index in [0.717, 1.165) is 21.4 Å². The lowest BCUT2D eigenvalue weighted by molar-refractivity contribution is 0.0992. The lowest BCUT2D eigenvalue weighted by Gasteiger charge is -2.18. The van der Waals surface area contributed by atoms with Crippen LogP contribution >= 0.6 is 15.9 Å². The molecule has 112 valence electrons. The molecule has 0 atom stereocenters. The lowest BCUT2D eigenvalue weighted by Crippen LogP contribution is -2.26. The number of rotatable bonds is 3. The van der Waals surface area contributed by atoms with Gasteiger partial charge in [0.15, 0.2) is 5.65 Å². The van der Waals surface area contributed by atoms with Gasteiger partial charge in [-0.1, -0.05) is 12.1 Å². The van der Waals surface area contributed by atoms with Crippen molar-refractivity contribution in [2.24, 2.45) is 5.73 Å². The molecule has 0 spiro atoms. The minimum atomic E-state index is -0.0863. The summed E-state index contributed by atoms with van der Waals surface area (Å²) in [5.74, 6) is -0.0863. The van der Waals surface area contributed by atoms with E-state index in [2.05, 4.69) is 20.9 Å². The third kappa shape index (κ3) is 2.63. The van der Waals surface area contributed by atoms with Gasteiger partial charge in [-0.2, -0.15) is 0 Å². The summed E-state index contributed by atoms with van der Waals surface area (Å²) in [6.45, 7) is 0.488. The Balaban J connectivity index is 1.93. The molecule has 0 aliphatic rings. The Kier molecular flexibility index (Phi) is 3.96. The van der Waals surface area contributed by atoms with Gasteiger partial charge in [0.1, 0.15) is 0 Å². The molecular weight excluding hydrogens is 344 g/mol. The van der Waals surface area contributed by atoms with Gasteiger partial charge in [0.25, 0.3) is 5.91 Å². The number of benzene rings is 1. The Hall–Kier alpha value is -2.18. The molecule has 0 aliphatic carbocycles. The Morgan fingerprint density at radius 2 is 2.09 bits per heavy atom. The molecule has 0 saturated carbocycles. The van der Waals surface area contributed by atoms with Crippen LogP contribution in [-0.4, -0.2) is 22.3 Å². The van der Waals surface area contributed by atoms with E-state index in [1.54, 1.807) is 30.4 Å². The van der Waals surface area contributed by atoms with Gasteiger partial charge in [-0.25, -0.2) is 4.98 Å². The number of carbonyl (C=O) groups excluding carboxylic acids is 1. The Morgan fingerprint density at radius 3 is 2.77 bits per heavy atom. The zero-order valence-corrected chi connectivity index (χ0v) is 13.6. The molecule has 0 fully saturated rings. The minimum absolute atomic E-state index is 0.0863. The zero-order chi connectivity index (χ0) is 15.7. The van der Waals surface area contributed by atoms with Crippen molar-refractivity contribution in [1.82, 2.24) is 9.38 Å². The number of imidazole rings is 1. The number of halogens is 1. The van der Waals surface area contributed by atoms with Gasteiger partial charge in [-0.15, -0.1) is 0 Å². The lowest BCUT2D eigenvalue weighted by atomic mass is 10.2. The average molecular weight is 359 g/mol. The predicted octanol–water partition coefficient (Wildman–Crippen LogP) is 2.83. The summed E-state index contributed by atoms with van der Waals surface area (Å²) < 4.78 is 2.61. The van der Waals surface area contributed by atoms with Gasteiger partial charge in [-0.3, -0.25) is 4.79 Å². The number of anilines is 1. The van der Waals surface area contributed by atoms with Gasteiger partial charge in [-0.05, 0) is 39.7 Å². The van der Waals surface area contributed by atoms with Crippen molar-refractivity contribution in [3.8, 4) is 0 Å². The highest BCUT2D eigenvalue weighted by molar-refractivity contribution is 9.10. The number of pyridine rings is 1. The van der Waals surface area contributed by atoms with E-state index in [-0.39, 0.29) is 5.91 Å². The number of hydrogen-bond donors (Lipinski definition) is 1. The molecule has 1 amide bonds. The van der Waals surface area contributed by atoms with Crippen LogP contribution in [-0.2, 0) is 6.54 Å². The van der Waals surface area contributed by atoms with Crippen LogP contribution in [0.1, 0.15) is 15.9 Å². The molecule has 22 heavy (non-hydrogen) atoms. The standard InChI is InChI=1S/C16H15BrN4O/c1-20(13-4-2-11(9-18)3-5-13)16(22)12-8-14(17)15-19-6-7-21(15)10-12/h2-8,10H,9,18H2,1H3. The maximum atomic E-state index is 12.7. The summed E-state index contributed by atoms with van der Waals surface area (Å²) in [6, 6.07) is 9.42. The fourth-order valence-corrected chi connectivity index (χ4v) is 2.83. The maximum absolute atomic E-state index is 12.7. The summed E-state index contributed by atoms with van der Waals surface area (Å²) in [6.07, 6.45) is 5.29. The summed E-state index contributed by atoms with van der Waals surface area (Å²) >= 11 is 3.45. The van der Waals surface area contributed by atoms with E-state index >= 15 is 0 Å². The number of carbonyl (C=O) groups is 1. The highest BCUT2D eigenvalue weighted by atomic mass is 79.9. The number of nitrogens with two attached hydrogens (primary N) is 1. The zero-order valence-electron chi connectivity index (χ0n) is 12.0. The number of fused-ring (bicyclic) bond motifs is 1. The fourth-order valence-electron chi connectivity index (χ4n) is 2.27. The van der Waals surface area contributed by atoms with Crippen molar-refractivity contribution in [1.29, 1.82) is 0 Å². The predicted molar refractivity (Wildman–Crippen MR) is 90.0 cm³/mol. The maximum Gasteiger partial charge on any atom is 0.259 e. The summed E-state index contributed by atoms with van der Waals surface area (Å²) in [7, 11) is 1.76. The van der Waals surface area contributed by atoms with Crippen LogP contribution in [0.25, 0.3) is 5.65 Å². The number of hydrogen-bond acceptors (Lipinski definition) is 3. The second-order valence-electron chi connectivity index (χ2n) is 4.97. The van der Waals surface area contributed by atoms with Crippen LogP contribution in [0.2, 0.25) is 0 Å². The van der Waals surface area contributed by atoms with E-state index in [9.17, 15) is 4.79 Å². The SMILES string of the molecule is CN(C(=O)c1cc(Br)c2nccn2c1)c1ccc(CN)cc1. The summed E-state index contributed by atoms with van der Waals surface area (Å²) in [5, 5.41) is 0. The smallest absolute Gasteiger partial charge is 0.259 e. The van der Waals surface area contributed by atoms with Crippen molar-refractivity contribution >= 4 is 33.2 Å². The number of nitrogens with zero attached hydrogens (tertiary/aromatic N) is 3. The Morgan fingerprint density at radius 1 is 1.36 bits per heavy atom. The van der Waals surface area contributed by atoms with E-state index in [0.29, 0.717) is 12.1 Å². The molecule has 0 bridgehead atoms. The van der Waals surface area contributed by atoms with E-state index < -0.39 is 0 Å². The quantitative estimate of drug-likeness (QED) is 0.782. The molecule has 5 nitrogen and oxygen atoms in total. The first-order valence-electron chi connectivity index (χ1n) is 6.79. The number of amides is 1. The monoisotopic (exact) mass is 358 g/mol. The van der Waals surface area contributed by atoms with E-state index in [1.165, 1.54) is 0 Å². The van der Waals surface area contributed by atoms with Gasteiger partial charge in [0.2, 0.25) is 0 Å². The summed E-state index contributed by atoms with van der Waals surface area (Å²) in [5.41, 5.74) is 8.82. The normalized spacial score (nSPS) is 10.9. The molecule has 2 N–H and O–H groups in total. The van der Waals surface area contributed by atoms with Crippen molar-refractivity contribution in [3.63, 3.8) is 0 Å². The Bertz CT molecular complexity index is 826. The number of aromatic nitrogens is 2. The first-order chi connectivity index (χ1) is 10.6. The average Bonchev–Trinajstić information content (AvgIpc) is 3.02. The van der Waals surface area contributed by atoms with Crippen molar-refractivity contribution in [2.75, 3.05) is 11.9 Å². The Labute approximate surface area is 136 Å². The fraction of sp³-hybridized carbons (Fsp3) is 0.125. The van der Waals surface area contributed by atoms with Crippen molar-refractivity contribution in [3.05, 3.63) is 64.5 Å². The van der Waals surface area contributed by atoms with Crippen LogP contribution < -0.4 is 10.6 Å². The van der Waals surface area contributed by atoms with Gasteiger partial charge >= 0.3 is 0 Å². The first-order valence-corrected chi connectivity index (χ1v) is 7.58. The third-order valence-corrected chi connectivity index (χ3v) is 4.14. The molecule has 1 aromatic carbocycles. The molecule has 0 unspecified atom stereocenters. The topological polar surface area (TPSA) is 63.6 Å². The molecule has 3 aromatic rings. The molecule has 2 aromatic heterocycles. The van der Waals surface area contributed by atoms with Crippen LogP contribution in [0, 0.1) is 0 Å².